The molecule has 0 aliphatic carbocycles. The van der Waals surface area contributed by atoms with Gasteiger partial charge in [-0.25, -0.2) is 0 Å². The van der Waals surface area contributed by atoms with Gasteiger partial charge in [0.25, 0.3) is 5.91 Å². The number of nitrogens with zero attached hydrogens (tertiary/aromatic N) is 1. The molecule has 0 unspecified atom stereocenters. The summed E-state index contributed by atoms with van der Waals surface area (Å²) < 4.78 is 6.49. The van der Waals surface area contributed by atoms with Crippen LogP contribution in [0.2, 0.25) is 0 Å². The van der Waals surface area contributed by atoms with E-state index in [1.54, 1.807) is 0 Å². The average molecular weight is 282 g/mol. The highest BCUT2D eigenvalue weighted by Gasteiger charge is 2.67. The quantitative estimate of drug-likeness (QED) is 0.804. The number of para-hydroxylation sites is 1. The van der Waals surface area contributed by atoms with E-state index in [0.29, 0.717) is 5.92 Å². The molecule has 4 heteroatoms. The summed E-state index contributed by atoms with van der Waals surface area (Å²) >= 11 is 0. The Bertz CT molecular complexity index is 685. The second kappa shape index (κ2) is 3.50. The van der Waals surface area contributed by atoms with Crippen LogP contribution in [0.25, 0.3) is 0 Å². The van der Waals surface area contributed by atoms with Gasteiger partial charge in [0, 0.05) is 18.2 Å². The molecule has 2 saturated heterocycles. The molecule has 0 saturated carbocycles. The highest BCUT2D eigenvalue weighted by atomic mass is 16.5. The maximum Gasteiger partial charge on any atom is 0.257 e. The van der Waals surface area contributed by atoms with Crippen LogP contribution in [0, 0.1) is 5.92 Å². The standard InChI is InChI=1S/C17H18N2O2/c1-2-16-7-8-17(21-16)11(9-16)10-19-14(20)12-5-3-4-6-13(12)18-15(17)19/h3-8,11,15,18H,2,9-10H2,1H3/t11-,15-,16+,17-/m0/s1. The van der Waals surface area contributed by atoms with Crippen molar-refractivity contribution in [3.05, 3.63) is 42.0 Å². The highest BCUT2D eigenvalue weighted by Crippen LogP contribution is 2.57. The van der Waals surface area contributed by atoms with Gasteiger partial charge < -0.3 is 15.0 Å². The molecule has 2 bridgehead atoms. The highest BCUT2D eigenvalue weighted by molar-refractivity contribution is 6.02. The van der Waals surface area contributed by atoms with Gasteiger partial charge in [-0.3, -0.25) is 4.79 Å². The van der Waals surface area contributed by atoms with E-state index >= 15 is 0 Å². The Morgan fingerprint density at radius 1 is 1.38 bits per heavy atom. The lowest BCUT2D eigenvalue weighted by molar-refractivity contribution is -0.0549. The summed E-state index contributed by atoms with van der Waals surface area (Å²) in [6.07, 6.45) is 6.39. The molecule has 4 aliphatic rings. The van der Waals surface area contributed by atoms with Gasteiger partial charge in [-0.2, -0.15) is 0 Å². The minimum atomic E-state index is -0.334. The number of benzene rings is 1. The predicted octanol–water partition coefficient (Wildman–Crippen LogP) is 2.39. The normalized spacial score (nSPS) is 41.8. The largest absolute Gasteiger partial charge is 0.362 e. The van der Waals surface area contributed by atoms with E-state index < -0.39 is 0 Å². The van der Waals surface area contributed by atoms with E-state index in [-0.39, 0.29) is 23.3 Å². The summed E-state index contributed by atoms with van der Waals surface area (Å²) in [5, 5.41) is 3.55. The Hall–Kier alpha value is -1.81. The van der Waals surface area contributed by atoms with Crippen molar-refractivity contribution in [1.82, 2.24) is 4.90 Å². The van der Waals surface area contributed by atoms with Crippen LogP contribution < -0.4 is 5.32 Å². The molecular formula is C17H18N2O2. The fraction of sp³-hybridized carbons (Fsp3) is 0.471. The molecule has 1 aromatic carbocycles. The third kappa shape index (κ3) is 1.23. The van der Waals surface area contributed by atoms with Crippen LogP contribution in [0.15, 0.2) is 36.4 Å². The monoisotopic (exact) mass is 282 g/mol. The third-order valence-electron chi connectivity index (χ3n) is 5.72. The minimum Gasteiger partial charge on any atom is -0.362 e. The summed E-state index contributed by atoms with van der Waals surface area (Å²) in [6, 6.07) is 7.76. The van der Waals surface area contributed by atoms with Crippen LogP contribution in [-0.4, -0.2) is 34.7 Å². The molecule has 4 nitrogen and oxygen atoms in total. The van der Waals surface area contributed by atoms with E-state index in [9.17, 15) is 4.79 Å². The number of carbonyl (C=O) groups is 1. The molecule has 4 atom stereocenters. The van der Waals surface area contributed by atoms with Crippen LogP contribution in [0.1, 0.15) is 30.1 Å². The second-order valence-electron chi connectivity index (χ2n) is 6.66. The molecular weight excluding hydrogens is 264 g/mol. The molecule has 1 spiro atoms. The molecule has 0 radical (unpaired) electrons. The van der Waals surface area contributed by atoms with Gasteiger partial charge in [-0.15, -0.1) is 0 Å². The van der Waals surface area contributed by atoms with Crippen molar-refractivity contribution in [3.8, 4) is 0 Å². The first kappa shape index (κ1) is 11.8. The first-order valence-corrected chi connectivity index (χ1v) is 7.75. The Labute approximate surface area is 123 Å². The van der Waals surface area contributed by atoms with Gasteiger partial charge >= 0.3 is 0 Å². The lowest BCUT2D eigenvalue weighted by Crippen LogP contribution is -2.54. The van der Waals surface area contributed by atoms with Crippen LogP contribution in [0.5, 0.6) is 0 Å². The van der Waals surface area contributed by atoms with Gasteiger partial charge in [0.15, 0.2) is 0 Å². The van der Waals surface area contributed by atoms with E-state index in [4.69, 9.17) is 4.74 Å². The van der Waals surface area contributed by atoms with Crippen molar-refractivity contribution in [2.24, 2.45) is 5.92 Å². The molecule has 1 amide bonds. The van der Waals surface area contributed by atoms with Crippen LogP contribution in [0.3, 0.4) is 0 Å². The molecule has 1 N–H and O–H groups in total. The number of hydrogen-bond donors (Lipinski definition) is 1. The van der Waals surface area contributed by atoms with E-state index in [1.165, 1.54) is 0 Å². The van der Waals surface area contributed by atoms with E-state index in [2.05, 4.69) is 24.4 Å². The topological polar surface area (TPSA) is 41.6 Å². The average Bonchev–Trinajstić information content (AvgIpc) is 3.13. The van der Waals surface area contributed by atoms with Crippen molar-refractivity contribution in [3.63, 3.8) is 0 Å². The molecule has 5 rings (SSSR count). The minimum absolute atomic E-state index is 0.0722. The number of fused-ring (bicyclic) bond motifs is 3. The number of nitrogens with one attached hydrogen (secondary N) is 1. The molecule has 108 valence electrons. The first-order valence-electron chi connectivity index (χ1n) is 7.75. The lowest BCUT2D eigenvalue weighted by Gasteiger charge is -2.39. The van der Waals surface area contributed by atoms with Crippen molar-refractivity contribution in [2.45, 2.75) is 37.1 Å². The maximum atomic E-state index is 12.8. The molecule has 4 heterocycles. The Morgan fingerprint density at radius 2 is 2.24 bits per heavy atom. The van der Waals surface area contributed by atoms with E-state index in [0.717, 1.165) is 30.6 Å². The Morgan fingerprint density at radius 3 is 3.10 bits per heavy atom. The predicted molar refractivity (Wildman–Crippen MR) is 79.0 cm³/mol. The fourth-order valence-electron chi connectivity index (χ4n) is 4.59. The van der Waals surface area contributed by atoms with Crippen LogP contribution in [-0.2, 0) is 4.74 Å². The Balaban J connectivity index is 1.61. The zero-order chi connectivity index (χ0) is 14.2. The summed E-state index contributed by atoms with van der Waals surface area (Å²) in [4.78, 5) is 14.7. The molecule has 2 fully saturated rings. The SMILES string of the molecule is CC[C@]12C=C[C@]3(O1)[C@H](CN1C(=O)c4ccccc4N[C@@H]13)C2. The van der Waals surface area contributed by atoms with Crippen LogP contribution >= 0.6 is 0 Å². The van der Waals surface area contributed by atoms with Crippen LogP contribution in [0.4, 0.5) is 5.69 Å². The molecule has 4 aliphatic heterocycles. The second-order valence-corrected chi connectivity index (χ2v) is 6.66. The number of ether oxygens (including phenoxy) is 1. The smallest absolute Gasteiger partial charge is 0.257 e. The summed E-state index contributed by atoms with van der Waals surface area (Å²) in [7, 11) is 0. The summed E-state index contributed by atoms with van der Waals surface area (Å²) in [6.45, 7) is 2.97. The van der Waals surface area contributed by atoms with Crippen molar-refractivity contribution >= 4 is 11.6 Å². The van der Waals surface area contributed by atoms with E-state index in [1.807, 2.05) is 29.2 Å². The van der Waals surface area contributed by atoms with Gasteiger partial charge in [-0.1, -0.05) is 25.1 Å². The number of amides is 1. The third-order valence-corrected chi connectivity index (χ3v) is 5.72. The molecule has 21 heavy (non-hydrogen) atoms. The Kier molecular flexibility index (Phi) is 1.97. The number of rotatable bonds is 1. The summed E-state index contributed by atoms with van der Waals surface area (Å²) in [5.74, 6) is 0.530. The first-order chi connectivity index (χ1) is 10.2. The zero-order valence-electron chi connectivity index (χ0n) is 12.0. The number of hydrogen-bond acceptors (Lipinski definition) is 3. The lowest BCUT2D eigenvalue weighted by atomic mass is 9.79. The van der Waals surface area contributed by atoms with Crippen molar-refractivity contribution in [1.29, 1.82) is 0 Å². The van der Waals surface area contributed by atoms with Crippen molar-refractivity contribution in [2.75, 3.05) is 11.9 Å². The van der Waals surface area contributed by atoms with Gasteiger partial charge in [0.2, 0.25) is 0 Å². The molecule has 0 aromatic heterocycles. The molecule has 1 aromatic rings. The number of anilines is 1. The zero-order valence-corrected chi connectivity index (χ0v) is 12.0. The summed E-state index contributed by atoms with van der Waals surface area (Å²) in [5.41, 5.74) is 1.27. The fourth-order valence-corrected chi connectivity index (χ4v) is 4.59. The maximum absolute atomic E-state index is 12.8. The van der Waals surface area contributed by atoms with Crippen molar-refractivity contribution < 1.29 is 9.53 Å². The van der Waals surface area contributed by atoms with Gasteiger partial charge in [0.1, 0.15) is 11.8 Å². The van der Waals surface area contributed by atoms with Gasteiger partial charge in [0.05, 0.1) is 11.2 Å². The van der Waals surface area contributed by atoms with Gasteiger partial charge in [-0.05, 0) is 31.1 Å². The number of carbonyl (C=O) groups excluding carboxylic acids is 1.